The highest BCUT2D eigenvalue weighted by Gasteiger charge is 2.33. The first-order chi connectivity index (χ1) is 18.7. The van der Waals surface area contributed by atoms with E-state index in [2.05, 4.69) is 9.97 Å². The van der Waals surface area contributed by atoms with E-state index in [1.54, 1.807) is 0 Å². The predicted octanol–water partition coefficient (Wildman–Crippen LogP) is 0.720. The van der Waals surface area contributed by atoms with Crippen molar-refractivity contribution in [1.29, 1.82) is 0 Å². The summed E-state index contributed by atoms with van der Waals surface area (Å²) in [6.07, 6.45) is -0.711. The second-order valence-corrected chi connectivity index (χ2v) is 8.31. The number of urea groups is 1. The van der Waals surface area contributed by atoms with Crippen molar-refractivity contribution >= 4 is 41.4 Å². The minimum Gasteiger partial charge on any atom is -0.481 e. The number of carboxylic acid groups (broad SMARTS) is 2. The van der Waals surface area contributed by atoms with Gasteiger partial charge in [-0.3, -0.25) is 29.0 Å². The molecule has 2 aromatic rings. The maximum Gasteiger partial charge on any atom is 0.342 e. The van der Waals surface area contributed by atoms with Gasteiger partial charge in [0.25, 0.3) is 0 Å². The summed E-state index contributed by atoms with van der Waals surface area (Å²) in [5.41, 5.74) is 0. The van der Waals surface area contributed by atoms with E-state index in [-0.39, 0.29) is 24.7 Å². The number of imide groups is 2. The maximum absolute atomic E-state index is 13.5. The van der Waals surface area contributed by atoms with Gasteiger partial charge in [-0.2, -0.15) is 0 Å². The molecule has 2 heterocycles. The quantitative estimate of drug-likeness (QED) is 0.236. The van der Waals surface area contributed by atoms with Crippen LogP contribution in [0.2, 0.25) is 0 Å². The summed E-state index contributed by atoms with van der Waals surface area (Å²) >= 11 is 0. The Labute approximate surface area is 224 Å². The Morgan fingerprint density at radius 2 is 1.10 bits per heavy atom. The van der Waals surface area contributed by atoms with Gasteiger partial charge in [-0.15, -0.1) is 0 Å². The van der Waals surface area contributed by atoms with E-state index >= 15 is 0 Å². The van der Waals surface area contributed by atoms with E-state index in [1.807, 2.05) is 0 Å². The molecule has 2 aromatic heterocycles. The molecule has 0 fully saturated rings. The molecule has 0 aromatic carbocycles. The lowest BCUT2D eigenvalue weighted by Crippen LogP contribution is -2.50. The van der Waals surface area contributed by atoms with E-state index in [4.69, 9.17) is 10.2 Å². The fourth-order valence-electron chi connectivity index (χ4n) is 3.65. The molecule has 0 aliphatic rings. The summed E-state index contributed by atoms with van der Waals surface area (Å²) in [7, 11) is 0. The fraction of sp³-hybridized carbons (Fsp3) is 0.476. The zero-order valence-corrected chi connectivity index (χ0v) is 21.5. The Kier molecular flexibility index (Phi) is 10.5. The van der Waals surface area contributed by atoms with Gasteiger partial charge in [-0.05, 0) is 9.85 Å². The number of amides is 4. The van der Waals surface area contributed by atoms with Gasteiger partial charge in [-0.25, -0.2) is 23.9 Å². The van der Waals surface area contributed by atoms with Crippen molar-refractivity contribution in [2.45, 2.75) is 52.6 Å². The van der Waals surface area contributed by atoms with Crippen LogP contribution in [0.25, 0.3) is 0 Å². The summed E-state index contributed by atoms with van der Waals surface area (Å²) in [5, 5.41) is 40.6. The van der Waals surface area contributed by atoms with Crippen molar-refractivity contribution in [3.8, 4) is 0 Å². The van der Waals surface area contributed by atoms with E-state index in [0.29, 0.717) is 9.80 Å². The molecule has 0 atom stereocenters. The predicted molar refractivity (Wildman–Crippen MR) is 130 cm³/mol. The second-order valence-electron chi connectivity index (χ2n) is 8.31. The van der Waals surface area contributed by atoms with Crippen LogP contribution >= 0.6 is 0 Å². The Morgan fingerprint density at radius 1 is 0.750 bits per heavy atom. The van der Waals surface area contributed by atoms with Gasteiger partial charge >= 0.3 is 29.6 Å². The van der Waals surface area contributed by atoms with Crippen LogP contribution in [0.1, 0.15) is 37.3 Å². The van der Waals surface area contributed by atoms with Crippen LogP contribution in [-0.2, 0) is 32.3 Å². The Bertz CT molecular complexity index is 1230. The van der Waals surface area contributed by atoms with Crippen molar-refractivity contribution in [3.63, 3.8) is 0 Å². The molecule has 0 saturated heterocycles. The number of carbonyl (C=O) groups is 5. The molecule has 0 unspecified atom stereocenters. The van der Waals surface area contributed by atoms with Crippen LogP contribution in [0.5, 0.6) is 0 Å². The maximum atomic E-state index is 13.5. The van der Waals surface area contributed by atoms with Crippen molar-refractivity contribution < 1.29 is 44.0 Å². The van der Waals surface area contributed by atoms with E-state index < -0.39 is 90.0 Å². The number of aliphatic carboxylic acids is 2. The number of rotatable bonds is 14. The molecule has 0 aliphatic carbocycles. The smallest absolute Gasteiger partial charge is 0.342 e. The number of aromatic nitrogens is 4. The number of nitrogens with zero attached hydrogens (tertiary/aromatic N) is 8. The van der Waals surface area contributed by atoms with Crippen molar-refractivity contribution in [2.75, 3.05) is 13.1 Å². The lowest BCUT2D eigenvalue weighted by Gasteiger charge is -2.28. The van der Waals surface area contributed by atoms with Crippen LogP contribution in [0.3, 0.4) is 0 Å². The Hall–Kier alpha value is -5.23. The number of carbonyl (C=O) groups excluding carboxylic acids is 3. The summed E-state index contributed by atoms with van der Waals surface area (Å²) in [6.45, 7) is 1.12. The van der Waals surface area contributed by atoms with Crippen LogP contribution in [0.4, 0.5) is 16.4 Å². The average molecular weight is 566 g/mol. The number of carboxylic acids is 2. The molecule has 2 N–H and O–H groups in total. The standard InChI is InChI=1S/C21H26N8O11/c1-13-22-11-15(28(37)38)24(13)7-9-26(17(30)3-5-19(32)33)21(36)27(18(31)4-6-20(34)35)10-8-25-14(2)23-12-16(25)29(39)40/h11-12H,3-10H2,1-2H3,(H,32,33)(H,34,35). The second kappa shape index (κ2) is 13.5. The van der Waals surface area contributed by atoms with Gasteiger partial charge in [0.1, 0.15) is 25.5 Å². The normalized spacial score (nSPS) is 10.7. The number of hydrogen-bond donors (Lipinski definition) is 2. The molecule has 0 spiro atoms. The fourth-order valence-corrected chi connectivity index (χ4v) is 3.65. The highest BCUT2D eigenvalue weighted by molar-refractivity contribution is 6.02. The molecular weight excluding hydrogens is 540 g/mol. The van der Waals surface area contributed by atoms with Crippen LogP contribution in [0, 0.1) is 34.1 Å². The topological polar surface area (TPSA) is 254 Å². The molecule has 0 radical (unpaired) electrons. The Morgan fingerprint density at radius 3 is 1.40 bits per heavy atom. The minimum absolute atomic E-state index is 0.175. The van der Waals surface area contributed by atoms with E-state index in [1.165, 1.54) is 13.8 Å². The number of imidazole rings is 2. The molecule has 0 bridgehead atoms. The van der Waals surface area contributed by atoms with Crippen molar-refractivity contribution in [2.24, 2.45) is 0 Å². The van der Waals surface area contributed by atoms with Crippen molar-refractivity contribution in [1.82, 2.24) is 28.9 Å². The molecule has 0 saturated carbocycles. The SMILES string of the molecule is Cc1ncc([N+](=O)[O-])n1CCN(C(=O)CCC(=O)O)C(=O)N(CCn1c([N+](=O)[O-])cnc1C)C(=O)CCC(=O)O. The molecule has 19 nitrogen and oxygen atoms in total. The highest BCUT2D eigenvalue weighted by atomic mass is 16.6. The molecule has 40 heavy (non-hydrogen) atoms. The lowest BCUT2D eigenvalue weighted by molar-refractivity contribution is -0.392. The largest absolute Gasteiger partial charge is 0.481 e. The van der Waals surface area contributed by atoms with Crippen LogP contribution < -0.4 is 0 Å². The van der Waals surface area contributed by atoms with Gasteiger partial charge in [-0.1, -0.05) is 0 Å². The van der Waals surface area contributed by atoms with Gasteiger partial charge in [0, 0.05) is 26.7 Å². The molecule has 0 aliphatic heterocycles. The first-order valence-corrected chi connectivity index (χ1v) is 11.7. The number of hydrogen-bond acceptors (Lipinski definition) is 11. The monoisotopic (exact) mass is 566 g/mol. The van der Waals surface area contributed by atoms with Gasteiger partial charge in [0.2, 0.25) is 11.8 Å². The van der Waals surface area contributed by atoms with Crippen molar-refractivity contribution in [3.05, 3.63) is 44.3 Å². The minimum atomic E-state index is -1.35. The van der Waals surface area contributed by atoms with E-state index in [0.717, 1.165) is 21.5 Å². The van der Waals surface area contributed by atoms with Gasteiger partial charge < -0.3 is 30.4 Å². The van der Waals surface area contributed by atoms with Gasteiger partial charge in [0.05, 0.1) is 25.9 Å². The molecule has 4 amide bonds. The summed E-state index contributed by atoms with van der Waals surface area (Å²) in [4.78, 5) is 91.3. The molecule has 2 rings (SSSR count). The van der Waals surface area contributed by atoms with Crippen LogP contribution in [0.15, 0.2) is 12.4 Å². The first kappa shape index (κ1) is 31.0. The zero-order chi connectivity index (χ0) is 30.1. The summed E-state index contributed by atoms with van der Waals surface area (Å²) in [6, 6.07) is -1.26. The zero-order valence-electron chi connectivity index (χ0n) is 21.5. The lowest BCUT2D eigenvalue weighted by atomic mass is 10.2. The van der Waals surface area contributed by atoms with Crippen LogP contribution in [-0.4, -0.2) is 91.8 Å². The number of nitro groups is 2. The Balaban J connectivity index is 2.42. The third-order valence-corrected chi connectivity index (χ3v) is 5.71. The average Bonchev–Trinajstić information content (AvgIpc) is 3.43. The molecule has 19 heteroatoms. The third-order valence-electron chi connectivity index (χ3n) is 5.71. The molecule has 216 valence electrons. The number of aryl methyl sites for hydroxylation is 2. The first-order valence-electron chi connectivity index (χ1n) is 11.7. The summed E-state index contributed by atoms with van der Waals surface area (Å²) in [5.74, 6) is -5.27. The molecular formula is C21H26N8O11. The van der Waals surface area contributed by atoms with Gasteiger partial charge in [0.15, 0.2) is 11.6 Å². The third kappa shape index (κ3) is 7.88. The van der Waals surface area contributed by atoms with E-state index in [9.17, 15) is 44.2 Å². The summed E-state index contributed by atoms with van der Waals surface area (Å²) < 4.78 is 2.19. The highest BCUT2D eigenvalue weighted by Crippen LogP contribution is 2.17.